The Kier molecular flexibility index (Phi) is 6.76. The van der Waals surface area contributed by atoms with Crippen molar-refractivity contribution in [2.75, 3.05) is 31.1 Å². The van der Waals surface area contributed by atoms with Gasteiger partial charge in [0.2, 0.25) is 11.2 Å². The van der Waals surface area contributed by atoms with Crippen molar-refractivity contribution in [3.8, 4) is 0 Å². The molecule has 27 heavy (non-hydrogen) atoms. The van der Waals surface area contributed by atoms with Crippen molar-refractivity contribution in [3.63, 3.8) is 0 Å². The second-order valence-electron chi connectivity index (χ2n) is 5.19. The Morgan fingerprint density at radius 3 is 1.85 bits per heavy atom. The molecule has 2 aromatic rings. The monoisotopic (exact) mass is 414 g/mol. The van der Waals surface area contributed by atoms with E-state index in [1.165, 1.54) is 0 Å². The summed E-state index contributed by atoms with van der Waals surface area (Å²) in [7, 11) is 0. The molecule has 1 N–H and O–H groups in total. The van der Waals surface area contributed by atoms with E-state index in [2.05, 4.69) is 25.3 Å². The molecular formula is C14H13ClF6N6. The molecule has 1 fully saturated rings. The quantitative estimate of drug-likeness (QED) is 0.571. The first kappa shape index (κ1) is 21.1. The Hall–Kier alpha value is -2.21. The highest BCUT2D eigenvalue weighted by Crippen LogP contribution is 2.28. The highest BCUT2D eigenvalue weighted by atomic mass is 35.5. The predicted octanol–water partition coefficient (Wildman–Crippen LogP) is 3.05. The van der Waals surface area contributed by atoms with Crippen LogP contribution in [0.3, 0.4) is 0 Å². The molecule has 0 amide bonds. The van der Waals surface area contributed by atoms with Crippen molar-refractivity contribution in [3.05, 3.63) is 41.2 Å². The van der Waals surface area contributed by atoms with Crippen molar-refractivity contribution in [2.24, 2.45) is 0 Å². The molecule has 0 aromatic carbocycles. The average Bonchev–Trinajstić information content (AvgIpc) is 2.62. The summed E-state index contributed by atoms with van der Waals surface area (Å²) in [6.45, 7) is 2.72. The van der Waals surface area contributed by atoms with E-state index in [9.17, 15) is 26.3 Å². The van der Waals surface area contributed by atoms with Crippen molar-refractivity contribution >= 4 is 17.5 Å². The van der Waals surface area contributed by atoms with Crippen LogP contribution >= 0.6 is 11.6 Å². The zero-order valence-electron chi connectivity index (χ0n) is 13.5. The van der Waals surface area contributed by atoms with E-state index in [4.69, 9.17) is 11.6 Å². The van der Waals surface area contributed by atoms with Gasteiger partial charge in [-0.2, -0.15) is 26.3 Å². The van der Waals surface area contributed by atoms with Gasteiger partial charge in [-0.25, -0.2) is 19.9 Å². The molecule has 1 aliphatic rings. The smallest absolute Gasteiger partial charge is 0.338 e. The van der Waals surface area contributed by atoms with Gasteiger partial charge in [0, 0.05) is 38.6 Å². The first-order valence-electron chi connectivity index (χ1n) is 7.49. The Morgan fingerprint density at radius 1 is 0.852 bits per heavy atom. The minimum atomic E-state index is -4.45. The van der Waals surface area contributed by atoms with Crippen LogP contribution in [-0.2, 0) is 12.4 Å². The van der Waals surface area contributed by atoms with Crippen LogP contribution in [0.5, 0.6) is 0 Å². The van der Waals surface area contributed by atoms with Crippen molar-refractivity contribution in [1.82, 2.24) is 25.3 Å². The number of anilines is 1. The number of rotatable bonds is 1. The predicted molar refractivity (Wildman–Crippen MR) is 84.2 cm³/mol. The Labute approximate surface area is 154 Å². The maximum Gasteiger partial charge on any atom is 0.433 e. The molecule has 3 heterocycles. The van der Waals surface area contributed by atoms with E-state index < -0.39 is 29.0 Å². The van der Waals surface area contributed by atoms with Crippen LogP contribution in [0.2, 0.25) is 5.28 Å². The van der Waals surface area contributed by atoms with Crippen molar-refractivity contribution in [1.29, 1.82) is 0 Å². The Balaban J connectivity index is 0.000000208. The standard InChI is InChI=1S/C9H11F3N4.C5H2ClF3N2/c10-9(11,12)7-1-2-14-8(15-7)16-5-3-13-4-6-16;6-4-10-2-1-3(11-4)5(7,8)9/h1-2,13H,3-6H2;1-2H. The number of halogens is 7. The van der Waals surface area contributed by atoms with Gasteiger partial charge < -0.3 is 10.2 Å². The summed E-state index contributed by atoms with van der Waals surface area (Å²) in [5.74, 6) is 0.149. The first-order chi connectivity index (χ1) is 12.6. The van der Waals surface area contributed by atoms with Crippen LogP contribution in [0.4, 0.5) is 32.3 Å². The van der Waals surface area contributed by atoms with E-state index in [0.717, 1.165) is 37.6 Å². The topological polar surface area (TPSA) is 66.8 Å². The normalized spacial score (nSPS) is 15.1. The summed E-state index contributed by atoms with van der Waals surface area (Å²) in [5, 5.41) is 2.71. The van der Waals surface area contributed by atoms with Crippen LogP contribution in [0, 0.1) is 0 Å². The first-order valence-corrected chi connectivity index (χ1v) is 7.87. The minimum Gasteiger partial charge on any atom is -0.338 e. The Bertz CT molecular complexity index is 747. The lowest BCUT2D eigenvalue weighted by Crippen LogP contribution is -2.44. The average molecular weight is 415 g/mol. The summed E-state index contributed by atoms with van der Waals surface area (Å²) >= 11 is 5.13. The molecule has 0 spiro atoms. The lowest BCUT2D eigenvalue weighted by molar-refractivity contribution is -0.142. The number of aromatic nitrogens is 4. The van der Waals surface area contributed by atoms with Crippen LogP contribution < -0.4 is 10.2 Å². The van der Waals surface area contributed by atoms with Crippen molar-refractivity contribution < 1.29 is 26.3 Å². The minimum absolute atomic E-state index is 0.149. The van der Waals surface area contributed by atoms with Gasteiger partial charge in [-0.3, -0.25) is 0 Å². The summed E-state index contributed by atoms with van der Waals surface area (Å²) in [6.07, 6.45) is -6.76. The highest BCUT2D eigenvalue weighted by molar-refractivity contribution is 6.28. The molecule has 1 saturated heterocycles. The molecule has 0 aliphatic carbocycles. The van der Waals surface area contributed by atoms with E-state index in [-0.39, 0.29) is 5.95 Å². The highest BCUT2D eigenvalue weighted by Gasteiger charge is 2.33. The van der Waals surface area contributed by atoms with Gasteiger partial charge in [0.05, 0.1) is 0 Å². The molecule has 0 saturated carbocycles. The van der Waals surface area contributed by atoms with Gasteiger partial charge in [0.15, 0.2) is 0 Å². The van der Waals surface area contributed by atoms with Gasteiger partial charge in [0.25, 0.3) is 0 Å². The third-order valence-corrected chi connectivity index (χ3v) is 3.43. The Morgan fingerprint density at radius 2 is 1.37 bits per heavy atom. The fourth-order valence-corrected chi connectivity index (χ4v) is 2.16. The summed E-state index contributed by atoms with van der Waals surface area (Å²) < 4.78 is 72.7. The number of nitrogens with zero attached hydrogens (tertiary/aromatic N) is 5. The molecule has 0 unspecified atom stereocenters. The summed E-state index contributed by atoms with van der Waals surface area (Å²) in [5.41, 5.74) is -1.92. The maximum atomic E-state index is 12.4. The van der Waals surface area contributed by atoms with Crippen LogP contribution in [0.25, 0.3) is 0 Å². The lowest BCUT2D eigenvalue weighted by atomic mass is 10.3. The second-order valence-corrected chi connectivity index (χ2v) is 5.52. The molecule has 1 aliphatic heterocycles. The largest absolute Gasteiger partial charge is 0.433 e. The number of nitrogens with one attached hydrogen (secondary N) is 1. The number of hydrogen-bond acceptors (Lipinski definition) is 6. The fraction of sp³-hybridized carbons (Fsp3) is 0.429. The zero-order chi connectivity index (χ0) is 20.1. The zero-order valence-corrected chi connectivity index (χ0v) is 14.3. The molecular weight excluding hydrogens is 402 g/mol. The number of hydrogen-bond donors (Lipinski definition) is 1. The van der Waals surface area contributed by atoms with Crippen molar-refractivity contribution in [2.45, 2.75) is 12.4 Å². The van der Waals surface area contributed by atoms with E-state index in [1.807, 2.05) is 0 Å². The van der Waals surface area contributed by atoms with Gasteiger partial charge in [0.1, 0.15) is 11.4 Å². The lowest BCUT2D eigenvalue weighted by Gasteiger charge is -2.27. The molecule has 3 rings (SSSR count). The fourth-order valence-electron chi connectivity index (χ4n) is 2.02. The van der Waals surface area contributed by atoms with Gasteiger partial charge in [-0.15, -0.1) is 0 Å². The molecule has 13 heteroatoms. The molecule has 0 radical (unpaired) electrons. The van der Waals surface area contributed by atoms with E-state index >= 15 is 0 Å². The third kappa shape index (κ3) is 6.47. The third-order valence-electron chi connectivity index (χ3n) is 3.25. The number of piperazine rings is 1. The van der Waals surface area contributed by atoms with Crippen LogP contribution in [-0.4, -0.2) is 46.1 Å². The van der Waals surface area contributed by atoms with Gasteiger partial charge in [-0.1, -0.05) is 0 Å². The van der Waals surface area contributed by atoms with Crippen LogP contribution in [0.1, 0.15) is 11.4 Å². The molecule has 0 bridgehead atoms. The number of alkyl halides is 6. The van der Waals surface area contributed by atoms with E-state index in [1.54, 1.807) is 4.90 Å². The maximum absolute atomic E-state index is 12.4. The van der Waals surface area contributed by atoms with E-state index in [0.29, 0.717) is 13.1 Å². The van der Waals surface area contributed by atoms with Crippen LogP contribution in [0.15, 0.2) is 24.5 Å². The molecule has 6 nitrogen and oxygen atoms in total. The second kappa shape index (κ2) is 8.65. The SMILES string of the molecule is FC(F)(F)c1ccnc(Cl)n1.FC(F)(F)c1ccnc(N2CCNCC2)n1. The molecule has 2 aromatic heterocycles. The summed E-state index contributed by atoms with van der Waals surface area (Å²) in [6, 6.07) is 1.64. The summed E-state index contributed by atoms with van der Waals surface area (Å²) in [4.78, 5) is 15.4. The molecule has 148 valence electrons. The van der Waals surface area contributed by atoms with Gasteiger partial charge in [-0.05, 0) is 23.7 Å². The molecule has 0 atom stereocenters. The van der Waals surface area contributed by atoms with Gasteiger partial charge >= 0.3 is 12.4 Å².